The van der Waals surface area contributed by atoms with Gasteiger partial charge in [0.1, 0.15) is 5.75 Å². The molecule has 1 atom stereocenters. The average Bonchev–Trinajstić information content (AvgIpc) is 3.41. The van der Waals surface area contributed by atoms with E-state index in [4.69, 9.17) is 15.5 Å². The van der Waals surface area contributed by atoms with Gasteiger partial charge in [-0.25, -0.2) is 4.68 Å². The lowest BCUT2D eigenvalue weighted by molar-refractivity contribution is 0.0997. The largest absolute Gasteiger partial charge is 0.507 e. The molecule has 2 aromatic heterocycles. The fourth-order valence-electron chi connectivity index (χ4n) is 3.15. The van der Waals surface area contributed by atoms with Crippen LogP contribution in [-0.4, -0.2) is 46.1 Å². The van der Waals surface area contributed by atoms with Gasteiger partial charge < -0.3 is 15.6 Å². The average molecular weight is 423 g/mol. The molecule has 30 heavy (non-hydrogen) atoms. The van der Waals surface area contributed by atoms with E-state index in [-0.39, 0.29) is 17.4 Å². The Kier molecular flexibility index (Phi) is 6.01. The van der Waals surface area contributed by atoms with Crippen molar-refractivity contribution in [1.82, 2.24) is 9.66 Å². The van der Waals surface area contributed by atoms with Crippen molar-refractivity contribution >= 4 is 23.5 Å². The fraction of sp³-hybridized carbons (Fsp3) is 0.238. The van der Waals surface area contributed by atoms with Crippen LogP contribution in [0.25, 0.3) is 11.3 Å². The predicted molar refractivity (Wildman–Crippen MR) is 115 cm³/mol. The molecule has 1 aromatic carbocycles. The molecule has 3 aromatic rings. The summed E-state index contributed by atoms with van der Waals surface area (Å²) in [6.07, 6.45) is 5.52. The maximum Gasteiger partial charge on any atom is 0.252 e. The molecule has 0 spiro atoms. The topological polar surface area (TPSA) is 115 Å². The van der Waals surface area contributed by atoms with E-state index < -0.39 is 5.91 Å². The van der Waals surface area contributed by atoms with Gasteiger partial charge in [-0.2, -0.15) is 5.10 Å². The number of amides is 1. The number of thiazole rings is 1. The van der Waals surface area contributed by atoms with Gasteiger partial charge in [-0.3, -0.25) is 14.8 Å². The number of carbonyl (C=O) groups is 1. The Morgan fingerprint density at radius 2 is 2.30 bits per heavy atom. The molecule has 1 fully saturated rings. The van der Waals surface area contributed by atoms with Gasteiger partial charge in [-0.1, -0.05) is 6.07 Å². The van der Waals surface area contributed by atoms with Crippen molar-refractivity contribution in [2.24, 2.45) is 15.8 Å². The number of aromatic nitrogens is 2. The third-order valence-electron chi connectivity index (χ3n) is 4.69. The summed E-state index contributed by atoms with van der Waals surface area (Å²) in [6.45, 7) is 1.33. The Labute approximate surface area is 177 Å². The number of aromatic hydroxyl groups is 1. The zero-order valence-corrected chi connectivity index (χ0v) is 17.0. The molecule has 1 amide bonds. The Balaban J connectivity index is 1.76. The number of nitrogens with zero attached hydrogens (tertiary/aromatic N) is 4. The van der Waals surface area contributed by atoms with Crippen LogP contribution in [0.3, 0.4) is 0 Å². The highest BCUT2D eigenvalue weighted by atomic mass is 32.1. The van der Waals surface area contributed by atoms with E-state index in [1.165, 1.54) is 17.4 Å². The van der Waals surface area contributed by atoms with Crippen molar-refractivity contribution in [3.05, 3.63) is 64.0 Å². The van der Waals surface area contributed by atoms with Gasteiger partial charge >= 0.3 is 0 Å². The number of phenols is 1. The van der Waals surface area contributed by atoms with Crippen LogP contribution in [-0.2, 0) is 4.74 Å². The first-order valence-corrected chi connectivity index (χ1v) is 10.4. The third-order valence-corrected chi connectivity index (χ3v) is 5.54. The van der Waals surface area contributed by atoms with Crippen LogP contribution < -0.4 is 10.5 Å². The summed E-state index contributed by atoms with van der Waals surface area (Å²) in [4.78, 5) is 21.3. The molecule has 0 aliphatic carbocycles. The fourth-order valence-corrected chi connectivity index (χ4v) is 4.00. The number of nitrogens with two attached hydrogens (primary N) is 1. The SMILES string of the molecule is NC(=O)c1cc(-c2csc(=NCC3CCCO3)n2/N=C/c2ccccn2)ccc1O. The molecule has 1 saturated heterocycles. The summed E-state index contributed by atoms with van der Waals surface area (Å²) in [5.74, 6) is -0.857. The summed E-state index contributed by atoms with van der Waals surface area (Å²) >= 11 is 1.44. The van der Waals surface area contributed by atoms with Crippen molar-refractivity contribution in [3.63, 3.8) is 0 Å². The van der Waals surface area contributed by atoms with E-state index in [1.54, 1.807) is 29.2 Å². The molecular formula is C21H21N5O3S. The number of primary amides is 1. The molecule has 3 N–H and O–H groups in total. The lowest BCUT2D eigenvalue weighted by Crippen LogP contribution is -2.17. The van der Waals surface area contributed by atoms with Crippen molar-refractivity contribution in [2.75, 3.05) is 13.2 Å². The first-order chi connectivity index (χ1) is 14.6. The number of hydrogen-bond donors (Lipinski definition) is 2. The molecule has 0 saturated carbocycles. The third kappa shape index (κ3) is 4.47. The summed E-state index contributed by atoms with van der Waals surface area (Å²) in [5, 5.41) is 16.4. The van der Waals surface area contributed by atoms with Crippen LogP contribution in [0.1, 0.15) is 28.9 Å². The van der Waals surface area contributed by atoms with Gasteiger partial charge in [0.15, 0.2) is 0 Å². The zero-order valence-electron chi connectivity index (χ0n) is 16.1. The van der Waals surface area contributed by atoms with E-state index in [1.807, 2.05) is 23.6 Å². The number of hydrogen-bond acceptors (Lipinski definition) is 7. The second-order valence-corrected chi connectivity index (χ2v) is 7.62. The van der Waals surface area contributed by atoms with Gasteiger partial charge in [-0.15, -0.1) is 11.3 Å². The Hall–Kier alpha value is -3.30. The maximum atomic E-state index is 11.6. The molecule has 0 bridgehead atoms. The van der Waals surface area contributed by atoms with Gasteiger partial charge in [0, 0.05) is 23.7 Å². The van der Waals surface area contributed by atoms with Crippen molar-refractivity contribution in [3.8, 4) is 17.0 Å². The molecule has 3 heterocycles. The van der Waals surface area contributed by atoms with Crippen molar-refractivity contribution in [2.45, 2.75) is 18.9 Å². The highest BCUT2D eigenvalue weighted by molar-refractivity contribution is 7.07. The van der Waals surface area contributed by atoms with E-state index in [0.717, 1.165) is 25.1 Å². The Morgan fingerprint density at radius 3 is 3.03 bits per heavy atom. The molecule has 9 heteroatoms. The van der Waals surface area contributed by atoms with E-state index in [2.05, 4.69) is 10.1 Å². The van der Waals surface area contributed by atoms with Crippen molar-refractivity contribution < 1.29 is 14.6 Å². The van der Waals surface area contributed by atoms with Crippen LogP contribution in [0.5, 0.6) is 5.75 Å². The number of pyridine rings is 1. The standard InChI is InChI=1S/C21H21N5O3S/c22-20(28)17-10-14(6-7-19(17)27)18-13-30-21(24-12-16-5-3-9-29-16)26(18)25-11-15-4-1-2-8-23-15/h1-2,4,6-8,10-11,13,16,27H,3,5,9,12H2,(H2,22,28)/b24-21?,25-11+. The Morgan fingerprint density at radius 1 is 1.40 bits per heavy atom. The minimum absolute atomic E-state index is 0.0526. The van der Waals surface area contributed by atoms with Gasteiger partial charge in [0.25, 0.3) is 5.91 Å². The smallest absolute Gasteiger partial charge is 0.252 e. The molecule has 8 nitrogen and oxygen atoms in total. The van der Waals surface area contributed by atoms with Crippen LogP contribution in [0.15, 0.2) is 58.1 Å². The van der Waals surface area contributed by atoms with Crippen molar-refractivity contribution in [1.29, 1.82) is 0 Å². The quantitative estimate of drug-likeness (QED) is 0.592. The first-order valence-electron chi connectivity index (χ1n) is 9.53. The van der Waals surface area contributed by atoms with Crippen LogP contribution in [0.2, 0.25) is 0 Å². The summed E-state index contributed by atoms with van der Waals surface area (Å²) < 4.78 is 7.36. The van der Waals surface area contributed by atoms with E-state index in [9.17, 15) is 9.90 Å². The lowest BCUT2D eigenvalue weighted by atomic mass is 10.1. The molecule has 1 unspecified atom stereocenters. The zero-order chi connectivity index (χ0) is 20.9. The lowest BCUT2D eigenvalue weighted by Gasteiger charge is -2.07. The summed E-state index contributed by atoms with van der Waals surface area (Å²) in [7, 11) is 0. The summed E-state index contributed by atoms with van der Waals surface area (Å²) in [5.41, 5.74) is 7.55. The second-order valence-electron chi connectivity index (χ2n) is 6.79. The van der Waals surface area contributed by atoms with Crippen LogP contribution in [0, 0.1) is 0 Å². The number of benzene rings is 1. The normalized spacial score (nSPS) is 17.1. The minimum atomic E-state index is -0.698. The van der Waals surface area contributed by atoms with E-state index >= 15 is 0 Å². The molecule has 1 aliphatic heterocycles. The molecular weight excluding hydrogens is 402 g/mol. The summed E-state index contributed by atoms with van der Waals surface area (Å²) in [6, 6.07) is 10.3. The highest BCUT2D eigenvalue weighted by Gasteiger charge is 2.16. The Bertz CT molecular complexity index is 1130. The monoisotopic (exact) mass is 423 g/mol. The first kappa shape index (κ1) is 20.0. The second kappa shape index (κ2) is 9.02. The minimum Gasteiger partial charge on any atom is -0.507 e. The van der Waals surface area contributed by atoms with Crippen LogP contribution >= 0.6 is 11.3 Å². The van der Waals surface area contributed by atoms with E-state index in [0.29, 0.717) is 22.6 Å². The molecule has 154 valence electrons. The number of rotatable bonds is 6. The van der Waals surface area contributed by atoms with Gasteiger partial charge in [-0.05, 0) is 43.2 Å². The molecule has 1 aliphatic rings. The van der Waals surface area contributed by atoms with Gasteiger partial charge in [0.05, 0.1) is 35.8 Å². The van der Waals surface area contributed by atoms with Gasteiger partial charge in [0.2, 0.25) is 4.80 Å². The number of ether oxygens (including phenoxy) is 1. The highest BCUT2D eigenvalue weighted by Crippen LogP contribution is 2.26. The maximum absolute atomic E-state index is 11.6. The number of carbonyl (C=O) groups excluding carboxylic acids is 1. The molecule has 4 rings (SSSR count). The predicted octanol–water partition coefficient (Wildman–Crippen LogP) is 2.38. The molecule has 0 radical (unpaired) electrons. The van der Waals surface area contributed by atoms with Crippen LogP contribution in [0.4, 0.5) is 0 Å².